The minimum Gasteiger partial charge on any atom is -0.345 e. The van der Waals surface area contributed by atoms with Crippen LogP contribution in [-0.4, -0.2) is 14.5 Å². The monoisotopic (exact) mass is 306 g/mol. The van der Waals surface area contributed by atoms with Crippen LogP contribution in [-0.2, 0) is 6.54 Å². The van der Waals surface area contributed by atoms with E-state index in [4.69, 9.17) is 11.6 Å². The van der Waals surface area contributed by atoms with Crippen molar-refractivity contribution in [2.75, 3.05) is 0 Å². The molecule has 1 N–H and O–H groups in total. The average molecular weight is 307 g/mol. The van der Waals surface area contributed by atoms with Gasteiger partial charge in [-0.1, -0.05) is 29.8 Å². The molecular formula is C18H13ClN3. The molecule has 2 aromatic carbocycles. The second-order valence-corrected chi connectivity index (χ2v) is 5.65. The van der Waals surface area contributed by atoms with E-state index < -0.39 is 0 Å². The van der Waals surface area contributed by atoms with Crippen LogP contribution >= 0.6 is 11.6 Å². The van der Waals surface area contributed by atoms with Crippen LogP contribution in [0.15, 0.2) is 61.1 Å². The highest BCUT2D eigenvalue weighted by molar-refractivity contribution is 6.30. The topological polar surface area (TPSA) is 33.6 Å². The molecule has 0 unspecified atom stereocenters. The molecule has 3 nitrogen and oxygen atoms in total. The summed E-state index contributed by atoms with van der Waals surface area (Å²) in [4.78, 5) is 7.42. The molecule has 0 saturated heterocycles. The quantitative estimate of drug-likeness (QED) is 0.592. The summed E-state index contributed by atoms with van der Waals surface area (Å²) in [5.41, 5.74) is 5.51. The van der Waals surface area contributed by atoms with E-state index in [0.29, 0.717) is 0 Å². The number of benzene rings is 2. The van der Waals surface area contributed by atoms with Gasteiger partial charge in [0.2, 0.25) is 0 Å². The molecule has 4 heteroatoms. The highest BCUT2D eigenvalue weighted by Gasteiger charge is 2.06. The third-order valence-electron chi connectivity index (χ3n) is 3.74. The van der Waals surface area contributed by atoms with Crippen LogP contribution in [0.5, 0.6) is 0 Å². The van der Waals surface area contributed by atoms with Gasteiger partial charge in [0.25, 0.3) is 0 Å². The summed E-state index contributed by atoms with van der Waals surface area (Å²) in [6.45, 7) is 0.782. The average Bonchev–Trinajstić information content (AvgIpc) is 3.17. The van der Waals surface area contributed by atoms with Gasteiger partial charge in [-0.2, -0.15) is 0 Å². The van der Waals surface area contributed by atoms with Crippen LogP contribution < -0.4 is 0 Å². The number of hydrogen-bond acceptors (Lipinski definition) is 1. The molecule has 0 fully saturated rings. The summed E-state index contributed by atoms with van der Waals surface area (Å²) >= 11 is 5.96. The Morgan fingerprint density at radius 2 is 2.00 bits per heavy atom. The van der Waals surface area contributed by atoms with Gasteiger partial charge >= 0.3 is 0 Å². The van der Waals surface area contributed by atoms with E-state index in [9.17, 15) is 0 Å². The lowest BCUT2D eigenvalue weighted by molar-refractivity contribution is 0.815. The van der Waals surface area contributed by atoms with E-state index in [0.717, 1.165) is 33.9 Å². The van der Waals surface area contributed by atoms with E-state index in [-0.39, 0.29) is 0 Å². The standard InChI is InChI=1S/C18H13ClN3/c19-15-6-4-14(5-7-15)18-2-1-9-22(18)11-13-3-8-16-17(10-13)21-12-20-16/h2-10,12H,11H2,(H,20,21). The van der Waals surface area contributed by atoms with Crippen molar-refractivity contribution >= 4 is 22.6 Å². The van der Waals surface area contributed by atoms with Crippen molar-refractivity contribution in [1.29, 1.82) is 0 Å². The molecule has 2 heterocycles. The Kier molecular flexibility index (Phi) is 3.20. The summed E-state index contributed by atoms with van der Waals surface area (Å²) in [5.74, 6) is 0. The zero-order chi connectivity index (χ0) is 14.9. The number of rotatable bonds is 3. The number of halogens is 1. The molecule has 0 atom stereocenters. The van der Waals surface area contributed by atoms with E-state index in [1.165, 1.54) is 5.56 Å². The molecule has 107 valence electrons. The van der Waals surface area contributed by atoms with E-state index in [1.807, 2.05) is 36.5 Å². The summed E-state index contributed by atoms with van der Waals surface area (Å²) in [6.07, 6.45) is 3.69. The van der Waals surface area contributed by atoms with Crippen LogP contribution in [0.25, 0.3) is 22.3 Å². The fourth-order valence-corrected chi connectivity index (χ4v) is 2.76. The minimum atomic E-state index is 0.745. The Balaban J connectivity index is 1.68. The maximum Gasteiger partial charge on any atom is 0.0931 e. The lowest BCUT2D eigenvalue weighted by Gasteiger charge is -2.10. The lowest BCUT2D eigenvalue weighted by Crippen LogP contribution is -2.00. The lowest BCUT2D eigenvalue weighted by atomic mass is 10.1. The van der Waals surface area contributed by atoms with E-state index in [2.05, 4.69) is 38.8 Å². The van der Waals surface area contributed by atoms with Crippen molar-refractivity contribution in [3.8, 4) is 11.3 Å². The Labute approximate surface area is 133 Å². The minimum absolute atomic E-state index is 0.745. The third kappa shape index (κ3) is 2.40. The molecule has 0 amide bonds. The number of fused-ring (bicyclic) bond motifs is 1. The molecule has 0 aliphatic rings. The highest BCUT2D eigenvalue weighted by Crippen LogP contribution is 2.23. The molecule has 0 bridgehead atoms. The first-order valence-electron chi connectivity index (χ1n) is 7.04. The predicted molar refractivity (Wildman–Crippen MR) is 88.9 cm³/mol. The molecule has 0 saturated carbocycles. The zero-order valence-electron chi connectivity index (χ0n) is 11.8. The third-order valence-corrected chi connectivity index (χ3v) is 3.99. The largest absolute Gasteiger partial charge is 0.345 e. The number of H-pyrrole nitrogens is 1. The number of hydrogen-bond donors (Lipinski definition) is 1. The normalized spacial score (nSPS) is 11.1. The summed E-state index contributed by atoms with van der Waals surface area (Å²) in [7, 11) is 0. The molecule has 22 heavy (non-hydrogen) atoms. The zero-order valence-corrected chi connectivity index (χ0v) is 12.5. The van der Waals surface area contributed by atoms with Gasteiger partial charge in [0, 0.05) is 29.5 Å². The second-order valence-electron chi connectivity index (χ2n) is 5.21. The van der Waals surface area contributed by atoms with Crippen LogP contribution in [0, 0.1) is 6.07 Å². The smallest absolute Gasteiger partial charge is 0.0931 e. The van der Waals surface area contributed by atoms with Gasteiger partial charge in [0.1, 0.15) is 0 Å². The fraction of sp³-hybridized carbons (Fsp3) is 0.0556. The first-order valence-corrected chi connectivity index (χ1v) is 7.41. The number of aromatic nitrogens is 3. The van der Waals surface area contributed by atoms with E-state index >= 15 is 0 Å². The summed E-state index contributed by atoms with van der Waals surface area (Å²) < 4.78 is 2.18. The van der Waals surface area contributed by atoms with E-state index in [1.54, 1.807) is 6.33 Å². The maximum atomic E-state index is 5.96. The number of nitrogens with zero attached hydrogens (tertiary/aromatic N) is 2. The Morgan fingerprint density at radius 1 is 1.14 bits per heavy atom. The number of nitrogens with one attached hydrogen (secondary N) is 1. The Bertz CT molecular complexity index is 919. The SMILES string of the molecule is Clc1ccc(-c2c[c]cn2Cc2ccc3[nH]cnc3c2)cc1. The van der Waals surface area contributed by atoms with Gasteiger partial charge in [-0.05, 0) is 41.5 Å². The van der Waals surface area contributed by atoms with Crippen molar-refractivity contribution < 1.29 is 0 Å². The molecule has 1 radical (unpaired) electrons. The number of aromatic amines is 1. The van der Waals surface area contributed by atoms with Crippen LogP contribution in [0.4, 0.5) is 0 Å². The van der Waals surface area contributed by atoms with Gasteiger partial charge < -0.3 is 9.55 Å². The van der Waals surface area contributed by atoms with Crippen LogP contribution in [0.3, 0.4) is 0 Å². The molecule has 0 spiro atoms. The van der Waals surface area contributed by atoms with Gasteiger partial charge in [-0.15, -0.1) is 0 Å². The first-order chi connectivity index (χ1) is 10.8. The van der Waals surface area contributed by atoms with Gasteiger partial charge in [-0.25, -0.2) is 4.98 Å². The van der Waals surface area contributed by atoms with Crippen LogP contribution in [0.2, 0.25) is 5.02 Å². The first kappa shape index (κ1) is 13.2. The molecule has 2 aromatic heterocycles. The molecular weight excluding hydrogens is 294 g/mol. The highest BCUT2D eigenvalue weighted by atomic mass is 35.5. The van der Waals surface area contributed by atoms with Gasteiger partial charge in [-0.3, -0.25) is 0 Å². The summed E-state index contributed by atoms with van der Waals surface area (Å²) in [6, 6.07) is 19.3. The van der Waals surface area contributed by atoms with Crippen LogP contribution in [0.1, 0.15) is 5.56 Å². The maximum absolute atomic E-state index is 5.96. The molecule has 4 aromatic rings. The molecule has 0 aliphatic carbocycles. The van der Waals surface area contributed by atoms with Crippen molar-refractivity contribution in [1.82, 2.24) is 14.5 Å². The van der Waals surface area contributed by atoms with Crippen molar-refractivity contribution in [2.45, 2.75) is 6.54 Å². The van der Waals surface area contributed by atoms with Gasteiger partial charge in [0.15, 0.2) is 0 Å². The number of imidazole rings is 1. The summed E-state index contributed by atoms with van der Waals surface area (Å²) in [5, 5.41) is 0.745. The van der Waals surface area contributed by atoms with Crippen molar-refractivity contribution in [3.63, 3.8) is 0 Å². The fourth-order valence-electron chi connectivity index (χ4n) is 2.63. The molecule has 0 aliphatic heterocycles. The van der Waals surface area contributed by atoms with Crippen molar-refractivity contribution in [2.24, 2.45) is 0 Å². The molecule has 4 rings (SSSR count). The Morgan fingerprint density at radius 3 is 2.86 bits per heavy atom. The second kappa shape index (κ2) is 5.35. The Hall–Kier alpha value is -2.52. The van der Waals surface area contributed by atoms with Gasteiger partial charge in [0.05, 0.1) is 17.4 Å². The predicted octanol–water partition coefficient (Wildman–Crippen LogP) is 4.53. The van der Waals surface area contributed by atoms with Crippen molar-refractivity contribution in [3.05, 3.63) is 77.7 Å².